The van der Waals surface area contributed by atoms with E-state index >= 15 is 0 Å². The van der Waals surface area contributed by atoms with Gasteiger partial charge in [0.15, 0.2) is 5.88 Å². The van der Waals surface area contributed by atoms with Crippen LogP contribution in [0.1, 0.15) is 38.6 Å². The summed E-state index contributed by atoms with van der Waals surface area (Å²) in [5, 5.41) is 12.2. The minimum atomic E-state index is -0.258. The number of carbonyl (C=O) groups excluding carboxylic acids is 1. The summed E-state index contributed by atoms with van der Waals surface area (Å²) in [5.74, 6) is 0.599. The summed E-state index contributed by atoms with van der Waals surface area (Å²) in [6.45, 7) is 11.9. The summed E-state index contributed by atoms with van der Waals surface area (Å²) in [6, 6.07) is 5.25. The highest BCUT2D eigenvalue weighted by molar-refractivity contribution is 7.15. The third kappa shape index (κ3) is 6.34. The summed E-state index contributed by atoms with van der Waals surface area (Å²) >= 11 is 1.44. The first-order chi connectivity index (χ1) is 15.9. The molecule has 0 spiro atoms. The van der Waals surface area contributed by atoms with Crippen LogP contribution >= 0.6 is 11.3 Å². The average molecular weight is 477 g/mol. The van der Waals surface area contributed by atoms with Gasteiger partial charge in [0.25, 0.3) is 0 Å². The fraction of sp³-hybridized carbons (Fsp3) is 0.522. The topological polar surface area (TPSA) is 96.6 Å². The number of aromatic nitrogens is 2. The number of hydrogen-bond donors (Lipinski definition) is 2. The number of ether oxygens (including phenoxy) is 1. The number of nitrogen functional groups attached to an aromatic ring is 1. The number of piperidine rings is 1. The van der Waals surface area contributed by atoms with E-state index < -0.39 is 0 Å². The number of carbonyl (C=O) groups is 1. The second-order valence-corrected chi connectivity index (χ2v) is 9.08. The quantitative estimate of drug-likeness (QED) is 0.658. The van der Waals surface area contributed by atoms with Crippen LogP contribution in [0.2, 0.25) is 0 Å². The molecule has 1 aromatic carbocycles. The molecule has 2 aliphatic rings. The molecule has 3 N–H and O–H groups in total. The number of anilines is 3. The molecule has 2 aliphatic heterocycles. The normalized spacial score (nSPS) is 18.5. The number of rotatable bonds is 6. The largest absolute Gasteiger partial charge is 0.472 e. The fourth-order valence-corrected chi connectivity index (χ4v) is 4.83. The van der Waals surface area contributed by atoms with Crippen molar-refractivity contribution >= 4 is 33.8 Å². The second-order valence-electron chi connectivity index (χ2n) is 7.99. The maximum absolute atomic E-state index is 15.0. The van der Waals surface area contributed by atoms with Crippen molar-refractivity contribution in [3.63, 3.8) is 0 Å². The first kappa shape index (κ1) is 24.8. The smallest absolute Gasteiger partial charge is 0.217 e. The third-order valence-electron chi connectivity index (χ3n) is 5.71. The van der Waals surface area contributed by atoms with Gasteiger partial charge in [0.05, 0.1) is 18.8 Å². The van der Waals surface area contributed by atoms with Gasteiger partial charge in [0.1, 0.15) is 16.9 Å². The molecule has 8 nitrogen and oxygen atoms in total. The number of nitrogens with two attached hydrogens (primary N) is 1. The molecule has 1 amide bonds. The highest BCUT2D eigenvalue weighted by Crippen LogP contribution is 2.33. The van der Waals surface area contributed by atoms with E-state index in [0.29, 0.717) is 41.4 Å². The molecule has 1 unspecified atom stereocenters. The Hall–Kier alpha value is -2.88. The first-order valence-corrected chi connectivity index (χ1v) is 12.2. The lowest BCUT2D eigenvalue weighted by Crippen LogP contribution is -2.35. The van der Waals surface area contributed by atoms with Crippen molar-refractivity contribution in [1.82, 2.24) is 15.5 Å². The van der Waals surface area contributed by atoms with Gasteiger partial charge in [-0.3, -0.25) is 4.79 Å². The first-order valence-electron chi connectivity index (χ1n) is 11.4. The molecule has 1 aromatic heterocycles. The van der Waals surface area contributed by atoms with Crippen molar-refractivity contribution in [2.24, 2.45) is 5.92 Å². The molecule has 10 heteroatoms. The van der Waals surface area contributed by atoms with Crippen LogP contribution in [0.5, 0.6) is 0 Å². The maximum Gasteiger partial charge on any atom is 0.217 e. The van der Waals surface area contributed by atoms with Gasteiger partial charge < -0.3 is 25.6 Å². The summed E-state index contributed by atoms with van der Waals surface area (Å²) in [7, 11) is 0. The van der Waals surface area contributed by atoms with E-state index in [2.05, 4.69) is 27.0 Å². The standard InChI is InChI=1S/C21H27FN6O2S.C2H6/c1-13(29)24-11-17-12-28(14(2)30-17)16-3-4-19(18(22)10-16)27-7-5-15(6-8-27)9-20-25-26-21(23)31-20;1-2/h3-4,10,15,17H,2,5-9,11-12H2,1H3,(H2,23,26)(H,24,29);1-2H3. The molecule has 180 valence electrons. The van der Waals surface area contributed by atoms with Gasteiger partial charge in [0.2, 0.25) is 11.0 Å². The highest BCUT2D eigenvalue weighted by atomic mass is 32.1. The Labute approximate surface area is 198 Å². The Morgan fingerprint density at radius 1 is 1.33 bits per heavy atom. The second kappa shape index (κ2) is 11.3. The van der Waals surface area contributed by atoms with Crippen LogP contribution in [-0.2, 0) is 16.0 Å². The van der Waals surface area contributed by atoms with E-state index in [0.717, 1.165) is 37.4 Å². The molecule has 0 radical (unpaired) electrons. The van der Waals surface area contributed by atoms with Gasteiger partial charge >= 0.3 is 0 Å². The van der Waals surface area contributed by atoms with Crippen LogP contribution < -0.4 is 20.9 Å². The van der Waals surface area contributed by atoms with Crippen LogP contribution in [0.15, 0.2) is 30.7 Å². The van der Waals surface area contributed by atoms with Crippen molar-refractivity contribution in [3.05, 3.63) is 41.5 Å². The lowest BCUT2D eigenvalue weighted by Gasteiger charge is -2.33. The summed E-state index contributed by atoms with van der Waals surface area (Å²) in [4.78, 5) is 15.0. The predicted molar refractivity (Wildman–Crippen MR) is 131 cm³/mol. The zero-order valence-corrected chi connectivity index (χ0v) is 20.3. The lowest BCUT2D eigenvalue weighted by molar-refractivity contribution is -0.119. The molecule has 2 aromatic rings. The van der Waals surface area contributed by atoms with E-state index in [4.69, 9.17) is 10.5 Å². The monoisotopic (exact) mass is 476 g/mol. The SMILES string of the molecule is C=C1OC(CNC(C)=O)CN1c1ccc(N2CCC(Cc3nnc(N)s3)CC2)c(F)c1.CC. The molecule has 3 heterocycles. The van der Waals surface area contributed by atoms with E-state index in [1.165, 1.54) is 24.3 Å². The van der Waals surface area contributed by atoms with Crippen LogP contribution in [-0.4, -0.2) is 48.4 Å². The number of halogens is 1. The Balaban J connectivity index is 0.00000149. The maximum atomic E-state index is 15.0. The number of nitrogens with zero attached hydrogens (tertiary/aromatic N) is 4. The van der Waals surface area contributed by atoms with Crippen LogP contribution in [0.25, 0.3) is 0 Å². The summed E-state index contributed by atoms with van der Waals surface area (Å²) in [6.07, 6.45) is 2.62. The van der Waals surface area contributed by atoms with Gasteiger partial charge in [-0.15, -0.1) is 10.2 Å². The van der Waals surface area contributed by atoms with E-state index in [-0.39, 0.29) is 17.8 Å². The predicted octanol–water partition coefficient (Wildman–Crippen LogP) is 3.56. The molecule has 1 atom stereocenters. The van der Waals surface area contributed by atoms with E-state index in [9.17, 15) is 9.18 Å². The number of benzene rings is 1. The molecular weight excluding hydrogens is 443 g/mol. The lowest BCUT2D eigenvalue weighted by atomic mass is 9.93. The molecule has 4 rings (SSSR count). The van der Waals surface area contributed by atoms with E-state index in [1.807, 2.05) is 30.9 Å². The van der Waals surface area contributed by atoms with Crippen molar-refractivity contribution in [2.45, 2.75) is 46.1 Å². The van der Waals surface area contributed by atoms with E-state index in [1.54, 1.807) is 0 Å². The Kier molecular flexibility index (Phi) is 8.49. The molecule has 33 heavy (non-hydrogen) atoms. The molecule has 2 fully saturated rings. The Morgan fingerprint density at radius 3 is 2.67 bits per heavy atom. The molecule has 0 aliphatic carbocycles. The van der Waals surface area contributed by atoms with Gasteiger partial charge in [-0.2, -0.15) is 0 Å². The third-order valence-corrected chi connectivity index (χ3v) is 6.49. The molecule has 0 saturated carbocycles. The molecule has 2 saturated heterocycles. The molecule has 0 bridgehead atoms. The minimum Gasteiger partial charge on any atom is -0.472 e. The van der Waals surface area contributed by atoms with Crippen molar-refractivity contribution in [2.75, 3.05) is 41.7 Å². The Morgan fingerprint density at radius 2 is 2.06 bits per heavy atom. The zero-order chi connectivity index (χ0) is 24.0. The highest BCUT2D eigenvalue weighted by Gasteiger charge is 2.29. The van der Waals surface area contributed by atoms with Crippen LogP contribution in [0, 0.1) is 11.7 Å². The average Bonchev–Trinajstić information content (AvgIpc) is 3.39. The van der Waals surface area contributed by atoms with Gasteiger partial charge in [-0.05, 0) is 43.5 Å². The molecular formula is C23H33FN6O2S. The number of amides is 1. The van der Waals surface area contributed by atoms with Crippen molar-refractivity contribution in [1.29, 1.82) is 0 Å². The Bertz CT molecular complexity index is 960. The summed E-state index contributed by atoms with van der Waals surface area (Å²) < 4.78 is 20.7. The fourth-order valence-electron chi connectivity index (χ4n) is 4.11. The minimum absolute atomic E-state index is 0.112. The van der Waals surface area contributed by atoms with Gasteiger partial charge in [-0.25, -0.2) is 4.39 Å². The van der Waals surface area contributed by atoms with Gasteiger partial charge in [-0.1, -0.05) is 25.2 Å². The van der Waals surface area contributed by atoms with Crippen molar-refractivity contribution in [3.8, 4) is 0 Å². The van der Waals surface area contributed by atoms with Crippen LogP contribution in [0.3, 0.4) is 0 Å². The van der Waals surface area contributed by atoms with Crippen molar-refractivity contribution < 1.29 is 13.9 Å². The number of nitrogens with one attached hydrogen (secondary N) is 1. The zero-order valence-electron chi connectivity index (χ0n) is 19.5. The van der Waals surface area contributed by atoms with Crippen LogP contribution in [0.4, 0.5) is 20.9 Å². The number of hydrogen-bond acceptors (Lipinski definition) is 8. The van der Waals surface area contributed by atoms with Gasteiger partial charge in [0, 0.05) is 32.1 Å². The summed E-state index contributed by atoms with van der Waals surface area (Å²) in [5.41, 5.74) is 6.97.